The molecule has 1 heterocycles. The Morgan fingerprint density at radius 2 is 1.70 bits per heavy atom. The summed E-state index contributed by atoms with van der Waals surface area (Å²) in [6, 6.07) is 28.9. The summed E-state index contributed by atoms with van der Waals surface area (Å²) in [6.45, 7) is 1.72. The fourth-order valence-corrected chi connectivity index (χ4v) is 3.96. The minimum absolute atomic E-state index is 0. The Labute approximate surface area is 200 Å². The van der Waals surface area contributed by atoms with E-state index in [1.807, 2.05) is 36.4 Å². The monoisotopic (exact) mass is 458 g/mol. The van der Waals surface area contributed by atoms with Crippen molar-refractivity contribution >= 4 is 34.3 Å². The van der Waals surface area contributed by atoms with Crippen molar-refractivity contribution in [2.24, 2.45) is 0 Å². The highest BCUT2D eigenvalue weighted by Gasteiger charge is 2.13. The molecule has 0 saturated heterocycles. The van der Waals surface area contributed by atoms with Crippen LogP contribution in [-0.4, -0.2) is 37.1 Å². The first-order valence-electron chi connectivity index (χ1n) is 10.9. The second-order valence-electron chi connectivity index (χ2n) is 8.26. The molecule has 0 aliphatic heterocycles. The highest BCUT2D eigenvalue weighted by molar-refractivity contribution is 5.96. The SMILES string of the molecule is CN(C)CCCOc1ccc2c(-c3nc4cc(-c5ccccc5)ccc4o3)cccc2c1.Cl. The summed E-state index contributed by atoms with van der Waals surface area (Å²) in [5, 5.41) is 2.21. The van der Waals surface area contributed by atoms with Crippen molar-refractivity contribution in [3.05, 3.63) is 84.9 Å². The minimum Gasteiger partial charge on any atom is -0.494 e. The van der Waals surface area contributed by atoms with E-state index in [1.165, 1.54) is 5.56 Å². The average molecular weight is 459 g/mol. The first kappa shape index (κ1) is 22.8. The molecule has 0 bridgehead atoms. The van der Waals surface area contributed by atoms with Gasteiger partial charge in [-0.1, -0.05) is 48.5 Å². The summed E-state index contributed by atoms with van der Waals surface area (Å²) in [4.78, 5) is 6.98. The maximum atomic E-state index is 6.14. The minimum atomic E-state index is 0. The number of rotatable bonds is 7. The molecule has 0 spiro atoms. The molecular formula is C28H27ClN2O2. The van der Waals surface area contributed by atoms with Gasteiger partial charge in [-0.05, 0) is 78.8 Å². The number of oxazole rings is 1. The van der Waals surface area contributed by atoms with Gasteiger partial charge in [-0.15, -0.1) is 12.4 Å². The van der Waals surface area contributed by atoms with Crippen LogP contribution in [0.1, 0.15) is 6.42 Å². The fourth-order valence-electron chi connectivity index (χ4n) is 3.96. The molecular weight excluding hydrogens is 432 g/mol. The van der Waals surface area contributed by atoms with Crippen LogP contribution in [0.4, 0.5) is 0 Å². The molecule has 0 amide bonds. The van der Waals surface area contributed by atoms with Gasteiger partial charge in [0, 0.05) is 12.1 Å². The normalized spacial score (nSPS) is 11.1. The molecule has 5 aromatic rings. The number of hydrogen-bond donors (Lipinski definition) is 0. The van der Waals surface area contributed by atoms with E-state index in [9.17, 15) is 0 Å². The smallest absolute Gasteiger partial charge is 0.227 e. The number of ether oxygens (including phenoxy) is 1. The van der Waals surface area contributed by atoms with Crippen LogP contribution in [0, 0.1) is 0 Å². The zero-order valence-corrected chi connectivity index (χ0v) is 19.6. The third-order valence-electron chi connectivity index (χ3n) is 5.60. The lowest BCUT2D eigenvalue weighted by Gasteiger charge is -2.11. The van der Waals surface area contributed by atoms with Crippen LogP contribution in [-0.2, 0) is 0 Å². The summed E-state index contributed by atoms with van der Waals surface area (Å²) in [6.07, 6.45) is 0.999. The fraction of sp³-hybridized carbons (Fsp3) is 0.179. The molecule has 0 aliphatic carbocycles. The van der Waals surface area contributed by atoms with Crippen LogP contribution in [0.15, 0.2) is 89.3 Å². The van der Waals surface area contributed by atoms with Crippen molar-refractivity contribution in [3.8, 4) is 28.3 Å². The molecule has 4 nitrogen and oxygen atoms in total. The van der Waals surface area contributed by atoms with Crippen molar-refractivity contribution in [2.75, 3.05) is 27.2 Å². The van der Waals surface area contributed by atoms with Gasteiger partial charge in [0.05, 0.1) is 6.61 Å². The third kappa shape index (κ3) is 5.03. The molecule has 0 saturated carbocycles. The van der Waals surface area contributed by atoms with Crippen molar-refractivity contribution in [3.63, 3.8) is 0 Å². The summed E-state index contributed by atoms with van der Waals surface area (Å²) in [5.41, 5.74) is 4.94. The van der Waals surface area contributed by atoms with Crippen LogP contribution in [0.5, 0.6) is 5.75 Å². The maximum absolute atomic E-state index is 6.14. The van der Waals surface area contributed by atoms with E-state index in [0.717, 1.165) is 51.7 Å². The first-order chi connectivity index (χ1) is 15.7. The number of nitrogens with zero attached hydrogens (tertiary/aromatic N) is 2. The van der Waals surface area contributed by atoms with Gasteiger partial charge in [-0.25, -0.2) is 4.98 Å². The summed E-state index contributed by atoms with van der Waals surface area (Å²) in [5.74, 6) is 1.52. The predicted molar refractivity (Wildman–Crippen MR) is 138 cm³/mol. The van der Waals surface area contributed by atoms with Crippen molar-refractivity contribution < 1.29 is 9.15 Å². The first-order valence-corrected chi connectivity index (χ1v) is 10.9. The van der Waals surface area contributed by atoms with Crippen LogP contribution in [0.25, 0.3) is 44.5 Å². The quantitative estimate of drug-likeness (QED) is 0.244. The molecule has 0 aliphatic rings. The third-order valence-corrected chi connectivity index (χ3v) is 5.60. The second-order valence-corrected chi connectivity index (χ2v) is 8.26. The largest absolute Gasteiger partial charge is 0.494 e. The van der Waals surface area contributed by atoms with Gasteiger partial charge in [0.15, 0.2) is 5.58 Å². The molecule has 5 rings (SSSR count). The highest BCUT2D eigenvalue weighted by Crippen LogP contribution is 2.33. The molecule has 0 fully saturated rings. The molecule has 33 heavy (non-hydrogen) atoms. The van der Waals surface area contributed by atoms with Gasteiger partial charge in [0.1, 0.15) is 11.3 Å². The van der Waals surface area contributed by atoms with Gasteiger partial charge < -0.3 is 14.1 Å². The number of hydrogen-bond acceptors (Lipinski definition) is 4. The van der Waals surface area contributed by atoms with Gasteiger partial charge in [-0.3, -0.25) is 0 Å². The van der Waals surface area contributed by atoms with Crippen molar-refractivity contribution in [2.45, 2.75) is 6.42 Å². The van der Waals surface area contributed by atoms with Crippen molar-refractivity contribution in [1.29, 1.82) is 0 Å². The molecule has 4 aromatic carbocycles. The number of aromatic nitrogens is 1. The highest BCUT2D eigenvalue weighted by atomic mass is 35.5. The molecule has 0 unspecified atom stereocenters. The Balaban J connectivity index is 0.00000259. The molecule has 1 aromatic heterocycles. The number of benzene rings is 4. The van der Waals surface area contributed by atoms with Crippen LogP contribution in [0.2, 0.25) is 0 Å². The van der Waals surface area contributed by atoms with Crippen LogP contribution in [0.3, 0.4) is 0 Å². The summed E-state index contributed by atoms with van der Waals surface area (Å²) < 4.78 is 12.1. The van der Waals surface area contributed by atoms with Crippen molar-refractivity contribution in [1.82, 2.24) is 9.88 Å². The zero-order chi connectivity index (χ0) is 21.9. The Bertz CT molecular complexity index is 1360. The van der Waals surface area contributed by atoms with E-state index in [0.29, 0.717) is 12.5 Å². The predicted octanol–water partition coefficient (Wildman–Crippen LogP) is 7.07. The van der Waals surface area contributed by atoms with E-state index < -0.39 is 0 Å². The Morgan fingerprint density at radius 1 is 0.848 bits per heavy atom. The maximum Gasteiger partial charge on any atom is 0.227 e. The zero-order valence-electron chi connectivity index (χ0n) is 18.8. The summed E-state index contributed by atoms with van der Waals surface area (Å²) >= 11 is 0. The van der Waals surface area contributed by atoms with E-state index in [4.69, 9.17) is 14.1 Å². The standard InChI is InChI=1S/C28H26N2O2.ClH/c1-30(2)16-7-17-31-23-13-14-24-22(18-23)10-6-11-25(24)28-29-26-19-21(12-15-27(26)32-28)20-8-4-3-5-9-20;/h3-6,8-15,18-19H,7,16-17H2,1-2H3;1H. The average Bonchev–Trinajstić information content (AvgIpc) is 3.25. The Kier molecular flexibility index (Phi) is 6.97. The van der Waals surface area contributed by atoms with E-state index >= 15 is 0 Å². The van der Waals surface area contributed by atoms with E-state index in [-0.39, 0.29) is 12.4 Å². The lowest BCUT2D eigenvalue weighted by atomic mass is 10.0. The van der Waals surface area contributed by atoms with Gasteiger partial charge >= 0.3 is 0 Å². The van der Waals surface area contributed by atoms with Crippen LogP contribution >= 0.6 is 12.4 Å². The number of halogens is 1. The molecule has 0 radical (unpaired) electrons. The summed E-state index contributed by atoms with van der Waals surface area (Å²) in [7, 11) is 4.15. The topological polar surface area (TPSA) is 38.5 Å². The number of fused-ring (bicyclic) bond motifs is 2. The lowest BCUT2D eigenvalue weighted by molar-refractivity contribution is 0.282. The van der Waals surface area contributed by atoms with Gasteiger partial charge in [0.25, 0.3) is 0 Å². The molecule has 168 valence electrons. The van der Waals surface area contributed by atoms with Gasteiger partial charge in [-0.2, -0.15) is 0 Å². The van der Waals surface area contributed by atoms with Gasteiger partial charge in [0.2, 0.25) is 5.89 Å². The Morgan fingerprint density at radius 3 is 2.52 bits per heavy atom. The van der Waals surface area contributed by atoms with E-state index in [1.54, 1.807) is 0 Å². The van der Waals surface area contributed by atoms with E-state index in [2.05, 4.69) is 67.5 Å². The molecule has 5 heteroatoms. The second kappa shape index (κ2) is 10.1. The lowest BCUT2D eigenvalue weighted by Crippen LogP contribution is -2.15. The molecule has 0 atom stereocenters. The molecule has 0 N–H and O–H groups in total. The Hall–Kier alpha value is -3.34. The van der Waals surface area contributed by atoms with Crippen LogP contribution < -0.4 is 4.74 Å².